The highest BCUT2D eigenvalue weighted by molar-refractivity contribution is 7.99. The van der Waals surface area contributed by atoms with Gasteiger partial charge in [0.15, 0.2) is 0 Å². The summed E-state index contributed by atoms with van der Waals surface area (Å²) < 4.78 is 4.69. The van der Waals surface area contributed by atoms with Gasteiger partial charge in [-0.05, 0) is 12.8 Å². The summed E-state index contributed by atoms with van der Waals surface area (Å²) in [6.45, 7) is 0.856. The molecule has 0 aromatic heterocycles. The van der Waals surface area contributed by atoms with Gasteiger partial charge in [0.05, 0.1) is 31.5 Å². The van der Waals surface area contributed by atoms with E-state index in [-0.39, 0.29) is 24.4 Å². The molecule has 1 fully saturated rings. The van der Waals surface area contributed by atoms with Gasteiger partial charge in [0.2, 0.25) is 5.91 Å². The van der Waals surface area contributed by atoms with E-state index in [1.807, 2.05) is 0 Å². The van der Waals surface area contributed by atoms with Crippen molar-refractivity contribution in [3.05, 3.63) is 0 Å². The number of thioether (sulfide) groups is 1. The Morgan fingerprint density at radius 1 is 1.42 bits per heavy atom. The maximum absolute atomic E-state index is 11.9. The number of aliphatic hydroxyl groups excluding tert-OH is 2. The van der Waals surface area contributed by atoms with Crippen molar-refractivity contribution >= 4 is 23.6 Å². The number of likely N-dealkylation sites (tertiary alicyclic amines) is 1. The van der Waals surface area contributed by atoms with Gasteiger partial charge in [-0.25, -0.2) is 0 Å². The average Bonchev–Trinajstić information content (AvgIpc) is 2.46. The summed E-state index contributed by atoms with van der Waals surface area (Å²) in [7, 11) is 1.38. The SMILES string of the molecule is COC(=O)C1CCN(C(=O)CSCC(O)CO)CC1. The summed E-state index contributed by atoms with van der Waals surface area (Å²) in [6, 6.07) is 0. The van der Waals surface area contributed by atoms with E-state index >= 15 is 0 Å². The third-order valence-electron chi connectivity index (χ3n) is 3.13. The molecule has 0 radical (unpaired) electrons. The van der Waals surface area contributed by atoms with Crippen molar-refractivity contribution in [2.45, 2.75) is 18.9 Å². The molecular formula is C12H21NO5S. The van der Waals surface area contributed by atoms with Gasteiger partial charge >= 0.3 is 5.97 Å². The zero-order valence-corrected chi connectivity index (χ0v) is 11.9. The maximum Gasteiger partial charge on any atom is 0.308 e. The van der Waals surface area contributed by atoms with Crippen molar-refractivity contribution in [1.29, 1.82) is 0 Å². The quantitative estimate of drug-likeness (QED) is 0.641. The van der Waals surface area contributed by atoms with E-state index in [1.165, 1.54) is 18.9 Å². The number of methoxy groups -OCH3 is 1. The van der Waals surface area contributed by atoms with Gasteiger partial charge in [0.1, 0.15) is 0 Å². The van der Waals surface area contributed by atoms with Crippen molar-refractivity contribution in [2.75, 3.05) is 38.3 Å². The second-order valence-corrected chi connectivity index (χ2v) is 5.56. The van der Waals surface area contributed by atoms with Gasteiger partial charge in [0, 0.05) is 18.8 Å². The smallest absolute Gasteiger partial charge is 0.308 e. The van der Waals surface area contributed by atoms with Crippen LogP contribution in [0.4, 0.5) is 0 Å². The Balaban J connectivity index is 2.23. The Kier molecular flexibility index (Phi) is 7.19. The highest BCUT2D eigenvalue weighted by Crippen LogP contribution is 2.19. The maximum atomic E-state index is 11.9. The van der Waals surface area contributed by atoms with E-state index in [1.54, 1.807) is 4.90 Å². The van der Waals surface area contributed by atoms with Crippen molar-refractivity contribution in [3.63, 3.8) is 0 Å². The second-order valence-electron chi connectivity index (χ2n) is 4.53. The first-order valence-electron chi connectivity index (χ1n) is 6.30. The number of hydrogen-bond acceptors (Lipinski definition) is 6. The molecule has 1 aliphatic rings. The van der Waals surface area contributed by atoms with E-state index in [4.69, 9.17) is 14.9 Å². The van der Waals surface area contributed by atoms with Crippen LogP contribution in [0.25, 0.3) is 0 Å². The predicted molar refractivity (Wildman–Crippen MR) is 71.7 cm³/mol. The number of piperidine rings is 1. The molecule has 1 saturated heterocycles. The molecule has 1 amide bonds. The first-order valence-corrected chi connectivity index (χ1v) is 7.46. The first-order chi connectivity index (χ1) is 9.08. The lowest BCUT2D eigenvalue weighted by Crippen LogP contribution is -2.41. The summed E-state index contributed by atoms with van der Waals surface area (Å²) in [5.74, 6) is 0.352. The van der Waals surface area contributed by atoms with E-state index in [0.29, 0.717) is 37.4 Å². The molecular weight excluding hydrogens is 270 g/mol. The van der Waals surface area contributed by atoms with Gasteiger partial charge in [-0.15, -0.1) is 11.8 Å². The van der Waals surface area contributed by atoms with Crippen molar-refractivity contribution in [2.24, 2.45) is 5.92 Å². The molecule has 6 nitrogen and oxygen atoms in total. The fraction of sp³-hybridized carbons (Fsp3) is 0.833. The van der Waals surface area contributed by atoms with Crippen LogP contribution in [0.5, 0.6) is 0 Å². The van der Waals surface area contributed by atoms with E-state index in [9.17, 15) is 9.59 Å². The first kappa shape index (κ1) is 16.3. The van der Waals surface area contributed by atoms with Gasteiger partial charge in [-0.1, -0.05) is 0 Å². The highest BCUT2D eigenvalue weighted by Gasteiger charge is 2.27. The summed E-state index contributed by atoms with van der Waals surface area (Å²) >= 11 is 1.31. The number of amides is 1. The molecule has 1 unspecified atom stereocenters. The minimum atomic E-state index is -0.775. The lowest BCUT2D eigenvalue weighted by Gasteiger charge is -2.30. The molecule has 0 aliphatic carbocycles. The Morgan fingerprint density at radius 3 is 2.58 bits per heavy atom. The Bertz CT molecular complexity index is 304. The number of ether oxygens (including phenoxy) is 1. The highest BCUT2D eigenvalue weighted by atomic mass is 32.2. The molecule has 7 heteroatoms. The molecule has 0 saturated carbocycles. The number of carbonyl (C=O) groups is 2. The molecule has 1 aliphatic heterocycles. The number of rotatable bonds is 6. The normalized spacial score (nSPS) is 18.2. The van der Waals surface area contributed by atoms with Crippen LogP contribution in [-0.4, -0.2) is 71.4 Å². The van der Waals surface area contributed by atoms with Crippen LogP contribution in [0.3, 0.4) is 0 Å². The fourth-order valence-electron chi connectivity index (χ4n) is 1.96. The van der Waals surface area contributed by atoms with Crippen LogP contribution < -0.4 is 0 Å². The molecule has 19 heavy (non-hydrogen) atoms. The molecule has 1 atom stereocenters. The topological polar surface area (TPSA) is 87.1 Å². The summed E-state index contributed by atoms with van der Waals surface area (Å²) in [5.41, 5.74) is 0. The third kappa shape index (κ3) is 5.38. The largest absolute Gasteiger partial charge is 0.469 e. The van der Waals surface area contributed by atoms with Crippen LogP contribution >= 0.6 is 11.8 Å². The zero-order valence-electron chi connectivity index (χ0n) is 11.1. The Morgan fingerprint density at radius 2 is 2.05 bits per heavy atom. The summed E-state index contributed by atoms with van der Waals surface area (Å²) in [5, 5.41) is 17.8. The third-order valence-corrected chi connectivity index (χ3v) is 4.20. The zero-order chi connectivity index (χ0) is 14.3. The second kappa shape index (κ2) is 8.39. The molecule has 0 bridgehead atoms. The predicted octanol–water partition coefficient (Wildman–Crippen LogP) is -0.516. The van der Waals surface area contributed by atoms with Crippen molar-refractivity contribution in [1.82, 2.24) is 4.90 Å². The van der Waals surface area contributed by atoms with E-state index in [0.717, 1.165) is 0 Å². The number of esters is 1. The fourth-order valence-corrected chi connectivity index (χ4v) is 2.81. The minimum Gasteiger partial charge on any atom is -0.469 e. The number of carbonyl (C=O) groups excluding carboxylic acids is 2. The van der Waals surface area contributed by atoms with E-state index in [2.05, 4.69) is 0 Å². The molecule has 1 rings (SSSR count). The molecule has 110 valence electrons. The molecule has 0 aromatic carbocycles. The van der Waals surface area contributed by atoms with E-state index < -0.39 is 6.10 Å². The molecule has 0 spiro atoms. The molecule has 0 aromatic rings. The van der Waals surface area contributed by atoms with Crippen LogP contribution in [0.15, 0.2) is 0 Å². The van der Waals surface area contributed by atoms with Gasteiger partial charge in [-0.3, -0.25) is 9.59 Å². The molecule has 1 heterocycles. The summed E-state index contributed by atoms with van der Waals surface area (Å²) in [6.07, 6.45) is 0.507. The summed E-state index contributed by atoms with van der Waals surface area (Å²) in [4.78, 5) is 24.9. The number of hydrogen-bond donors (Lipinski definition) is 2. The van der Waals surface area contributed by atoms with Crippen LogP contribution in [0, 0.1) is 5.92 Å². The van der Waals surface area contributed by atoms with Crippen molar-refractivity contribution in [3.8, 4) is 0 Å². The number of nitrogens with zero attached hydrogens (tertiary/aromatic N) is 1. The van der Waals surface area contributed by atoms with Gasteiger partial charge in [-0.2, -0.15) is 0 Å². The Labute approximate surface area is 117 Å². The molecule has 2 N–H and O–H groups in total. The lowest BCUT2D eigenvalue weighted by molar-refractivity contribution is -0.148. The van der Waals surface area contributed by atoms with Gasteiger partial charge in [0.25, 0.3) is 0 Å². The van der Waals surface area contributed by atoms with Crippen LogP contribution in [0.1, 0.15) is 12.8 Å². The standard InChI is InChI=1S/C12H21NO5S/c1-18-12(17)9-2-4-13(5-3-9)11(16)8-19-7-10(15)6-14/h9-10,14-15H,2-8H2,1H3. The van der Waals surface area contributed by atoms with Gasteiger partial charge < -0.3 is 19.8 Å². The monoisotopic (exact) mass is 291 g/mol. The lowest BCUT2D eigenvalue weighted by atomic mass is 9.97. The number of aliphatic hydroxyl groups is 2. The minimum absolute atomic E-state index is 0.0125. The van der Waals surface area contributed by atoms with Crippen molar-refractivity contribution < 1.29 is 24.5 Å². The Hall–Kier alpha value is -0.790. The van der Waals surface area contributed by atoms with Crippen LogP contribution in [0.2, 0.25) is 0 Å². The average molecular weight is 291 g/mol. The van der Waals surface area contributed by atoms with Crippen LogP contribution in [-0.2, 0) is 14.3 Å².